The lowest BCUT2D eigenvalue weighted by Crippen LogP contribution is -2.24. The number of carbonyl (C=O) groups is 1. The predicted molar refractivity (Wildman–Crippen MR) is 97.0 cm³/mol. The highest BCUT2D eigenvalue weighted by Gasteiger charge is 2.33. The number of hydrogen-bond donors (Lipinski definition) is 1. The van der Waals surface area contributed by atoms with Gasteiger partial charge in [-0.05, 0) is 43.4 Å². The van der Waals surface area contributed by atoms with Crippen LogP contribution in [0.3, 0.4) is 0 Å². The molecule has 7 nitrogen and oxygen atoms in total. The predicted octanol–water partition coefficient (Wildman–Crippen LogP) is 2.58. The average molecular weight is 366 g/mol. The summed E-state index contributed by atoms with van der Waals surface area (Å²) in [5.41, 5.74) is 8.12. The number of aromatic nitrogens is 4. The van der Waals surface area contributed by atoms with Crippen LogP contribution in [0.1, 0.15) is 59.3 Å². The molecule has 1 saturated carbocycles. The van der Waals surface area contributed by atoms with Gasteiger partial charge in [-0.2, -0.15) is 5.10 Å². The zero-order chi connectivity index (χ0) is 18.5. The number of fused-ring (bicyclic) bond motifs is 1. The van der Waals surface area contributed by atoms with Gasteiger partial charge in [0.2, 0.25) is 0 Å². The first-order valence-electron chi connectivity index (χ1n) is 9.18. The monoisotopic (exact) mass is 366 g/mol. The second-order valence-corrected chi connectivity index (χ2v) is 7.24. The molecule has 1 saturated heterocycles. The van der Waals surface area contributed by atoms with Crippen LogP contribution in [-0.2, 0) is 0 Å². The maximum atomic E-state index is 13.6. The quantitative estimate of drug-likeness (QED) is 0.767. The Kier molecular flexibility index (Phi) is 3.60. The van der Waals surface area contributed by atoms with E-state index in [1.54, 1.807) is 10.7 Å². The molecule has 138 valence electrons. The molecule has 0 aromatic carbocycles. The number of rotatable bonds is 4. The lowest BCUT2D eigenvalue weighted by atomic mass is 10.1. The highest BCUT2D eigenvalue weighted by molar-refractivity contribution is 6.00. The molecular weight excluding hydrogens is 347 g/mol. The Labute approximate surface area is 155 Å². The van der Waals surface area contributed by atoms with Gasteiger partial charge in [-0.1, -0.05) is 0 Å². The molecule has 3 aromatic rings. The van der Waals surface area contributed by atoms with E-state index in [0.29, 0.717) is 17.1 Å². The smallest absolute Gasteiger partial charge is 0.254 e. The van der Waals surface area contributed by atoms with Gasteiger partial charge in [-0.15, -0.1) is 0 Å². The van der Waals surface area contributed by atoms with Crippen molar-refractivity contribution in [3.8, 4) is 0 Å². The van der Waals surface area contributed by atoms with E-state index in [4.69, 9.17) is 10.7 Å². The van der Waals surface area contributed by atoms with E-state index in [-0.39, 0.29) is 11.9 Å². The van der Waals surface area contributed by atoms with Gasteiger partial charge in [0.15, 0.2) is 5.65 Å². The summed E-state index contributed by atoms with van der Waals surface area (Å²) in [7, 11) is 0. The Morgan fingerprint density at radius 2 is 2.11 bits per heavy atom. The van der Waals surface area contributed by atoms with Gasteiger partial charge in [0, 0.05) is 24.9 Å². The van der Waals surface area contributed by atoms with E-state index in [1.807, 2.05) is 12.3 Å². The summed E-state index contributed by atoms with van der Waals surface area (Å²) in [5, 5.41) is 4.53. The van der Waals surface area contributed by atoms with Gasteiger partial charge in [0.05, 0.1) is 17.9 Å². The van der Waals surface area contributed by atoms with Crippen molar-refractivity contribution in [1.82, 2.24) is 19.6 Å². The molecule has 2 N–H and O–H groups in total. The van der Waals surface area contributed by atoms with Crippen LogP contribution in [0.5, 0.6) is 0 Å². The summed E-state index contributed by atoms with van der Waals surface area (Å²) in [5.74, 6) is 0.196. The maximum Gasteiger partial charge on any atom is 0.254 e. The largest absolute Gasteiger partial charge is 0.365 e. The van der Waals surface area contributed by atoms with E-state index in [2.05, 4.69) is 15.0 Å². The Bertz CT molecular complexity index is 1040. The number of nitrogens with two attached hydrogens (primary N) is 1. The molecule has 1 aliphatic carbocycles. The average Bonchev–Trinajstić information content (AvgIpc) is 3.25. The van der Waals surface area contributed by atoms with Crippen molar-refractivity contribution in [2.75, 3.05) is 11.4 Å². The summed E-state index contributed by atoms with van der Waals surface area (Å²) in [6, 6.07) is 3.41. The molecule has 5 rings (SSSR count). The highest BCUT2D eigenvalue weighted by Crippen LogP contribution is 2.42. The van der Waals surface area contributed by atoms with Crippen LogP contribution in [0, 0.1) is 5.82 Å². The second kappa shape index (κ2) is 6.00. The van der Waals surface area contributed by atoms with E-state index in [1.165, 1.54) is 12.3 Å². The number of anilines is 1. The third-order valence-corrected chi connectivity index (χ3v) is 5.37. The lowest BCUT2D eigenvalue weighted by molar-refractivity contribution is 0.100. The lowest BCUT2D eigenvalue weighted by Gasteiger charge is -2.26. The molecule has 0 radical (unpaired) electrons. The van der Waals surface area contributed by atoms with Crippen molar-refractivity contribution < 1.29 is 9.18 Å². The van der Waals surface area contributed by atoms with Crippen molar-refractivity contribution in [2.45, 2.75) is 37.6 Å². The van der Waals surface area contributed by atoms with Crippen molar-refractivity contribution in [3.63, 3.8) is 0 Å². The number of primary amides is 1. The molecule has 0 spiro atoms. The van der Waals surface area contributed by atoms with Gasteiger partial charge >= 0.3 is 0 Å². The van der Waals surface area contributed by atoms with Crippen LogP contribution in [0.25, 0.3) is 5.65 Å². The Morgan fingerprint density at radius 1 is 1.26 bits per heavy atom. The number of pyridine rings is 1. The first-order valence-corrected chi connectivity index (χ1v) is 9.18. The molecule has 1 atom stereocenters. The van der Waals surface area contributed by atoms with Crippen molar-refractivity contribution >= 4 is 17.4 Å². The molecule has 1 amide bonds. The van der Waals surface area contributed by atoms with Gasteiger partial charge in [0.25, 0.3) is 5.91 Å². The van der Waals surface area contributed by atoms with Crippen LogP contribution in [0.2, 0.25) is 0 Å². The van der Waals surface area contributed by atoms with E-state index >= 15 is 0 Å². The Hall–Kier alpha value is -3.03. The second-order valence-electron chi connectivity index (χ2n) is 7.24. The number of hydrogen-bond acceptors (Lipinski definition) is 5. The van der Waals surface area contributed by atoms with Crippen molar-refractivity contribution in [2.24, 2.45) is 5.73 Å². The topological polar surface area (TPSA) is 89.4 Å². The fourth-order valence-corrected chi connectivity index (χ4v) is 3.97. The van der Waals surface area contributed by atoms with Crippen LogP contribution in [0.4, 0.5) is 10.2 Å². The fourth-order valence-electron chi connectivity index (χ4n) is 3.97. The summed E-state index contributed by atoms with van der Waals surface area (Å²) in [6.07, 6.45) is 8.64. The van der Waals surface area contributed by atoms with Gasteiger partial charge in [-0.3, -0.25) is 9.78 Å². The summed E-state index contributed by atoms with van der Waals surface area (Å²) >= 11 is 0. The summed E-state index contributed by atoms with van der Waals surface area (Å²) in [4.78, 5) is 22.9. The van der Waals surface area contributed by atoms with Crippen LogP contribution < -0.4 is 10.6 Å². The minimum atomic E-state index is -0.496. The third-order valence-electron chi connectivity index (χ3n) is 5.37. The van der Waals surface area contributed by atoms with Crippen LogP contribution in [0.15, 0.2) is 30.7 Å². The maximum absolute atomic E-state index is 13.6. The molecular formula is C19H19FN6O. The Morgan fingerprint density at radius 3 is 2.85 bits per heavy atom. The van der Waals surface area contributed by atoms with Crippen LogP contribution >= 0.6 is 0 Å². The highest BCUT2D eigenvalue weighted by atomic mass is 19.1. The third kappa shape index (κ3) is 2.72. The normalized spacial score (nSPS) is 19.7. The van der Waals surface area contributed by atoms with E-state index in [9.17, 15) is 9.18 Å². The standard InChI is InChI=1S/C19H19FN6O/c20-13-8-12(9-22-10-13)14-2-1-6-25(14)15-5-7-26-19(23-15)16(18(21)27)17(24-26)11-3-4-11/h5,7-11,14H,1-4,6H2,(H2,21,27). The summed E-state index contributed by atoms with van der Waals surface area (Å²) in [6.45, 7) is 0.805. The molecule has 27 heavy (non-hydrogen) atoms. The van der Waals surface area contributed by atoms with Gasteiger partial charge in [0.1, 0.15) is 17.2 Å². The number of halogens is 1. The van der Waals surface area contributed by atoms with E-state index in [0.717, 1.165) is 49.3 Å². The number of amides is 1. The zero-order valence-electron chi connectivity index (χ0n) is 14.7. The number of carbonyl (C=O) groups excluding carboxylic acids is 1. The molecule has 1 aliphatic heterocycles. The molecule has 2 fully saturated rings. The molecule has 3 aromatic heterocycles. The molecule has 4 heterocycles. The van der Waals surface area contributed by atoms with Gasteiger partial charge in [-0.25, -0.2) is 13.9 Å². The zero-order valence-corrected chi connectivity index (χ0v) is 14.7. The first-order chi connectivity index (χ1) is 13.1. The molecule has 1 unspecified atom stereocenters. The Balaban J connectivity index is 1.58. The molecule has 8 heteroatoms. The fraction of sp³-hybridized carbons (Fsp3) is 0.368. The van der Waals surface area contributed by atoms with E-state index < -0.39 is 5.91 Å². The SMILES string of the molecule is NC(=O)c1c(C2CC2)nn2ccc(N3CCCC3c3cncc(F)c3)nc12. The van der Waals surface area contributed by atoms with Gasteiger partial charge < -0.3 is 10.6 Å². The molecule has 0 bridgehead atoms. The van der Waals surface area contributed by atoms with Crippen molar-refractivity contribution in [3.05, 3.63) is 53.4 Å². The van der Waals surface area contributed by atoms with Crippen LogP contribution in [-0.4, -0.2) is 32.0 Å². The summed E-state index contributed by atoms with van der Waals surface area (Å²) < 4.78 is 15.3. The minimum Gasteiger partial charge on any atom is -0.365 e. The first kappa shape index (κ1) is 16.2. The number of nitrogens with zero attached hydrogens (tertiary/aromatic N) is 5. The minimum absolute atomic E-state index is 0.00556. The molecule has 2 aliphatic rings. The van der Waals surface area contributed by atoms with Crippen molar-refractivity contribution in [1.29, 1.82) is 0 Å².